The SMILES string of the molecule is Clc1ccc(Br)c2ccc(Br)nc12. The van der Waals surface area contributed by atoms with Gasteiger partial charge >= 0.3 is 0 Å². The van der Waals surface area contributed by atoms with Crippen molar-refractivity contribution in [2.75, 3.05) is 0 Å². The van der Waals surface area contributed by atoms with Crippen LogP contribution in [0.15, 0.2) is 33.3 Å². The fourth-order valence-electron chi connectivity index (χ4n) is 1.13. The molecule has 0 atom stereocenters. The molecule has 0 aliphatic rings. The van der Waals surface area contributed by atoms with Crippen LogP contribution in [0.1, 0.15) is 0 Å². The normalized spacial score (nSPS) is 10.7. The van der Waals surface area contributed by atoms with Gasteiger partial charge in [0.2, 0.25) is 0 Å². The predicted octanol–water partition coefficient (Wildman–Crippen LogP) is 4.41. The Morgan fingerprint density at radius 3 is 2.62 bits per heavy atom. The lowest BCUT2D eigenvalue weighted by Crippen LogP contribution is -1.82. The van der Waals surface area contributed by atoms with Crippen molar-refractivity contribution in [2.24, 2.45) is 0 Å². The minimum Gasteiger partial charge on any atom is -0.239 e. The van der Waals surface area contributed by atoms with Crippen LogP contribution in [0.4, 0.5) is 0 Å². The molecule has 1 heterocycles. The van der Waals surface area contributed by atoms with Crippen LogP contribution in [0.2, 0.25) is 5.02 Å². The van der Waals surface area contributed by atoms with Gasteiger partial charge in [-0.15, -0.1) is 0 Å². The molecule has 0 bridgehead atoms. The molecule has 0 radical (unpaired) electrons. The molecule has 66 valence electrons. The summed E-state index contributed by atoms with van der Waals surface area (Å²) in [4.78, 5) is 4.29. The van der Waals surface area contributed by atoms with Crippen LogP contribution in [0, 0.1) is 0 Å². The fraction of sp³-hybridized carbons (Fsp3) is 0. The van der Waals surface area contributed by atoms with E-state index >= 15 is 0 Å². The number of hydrogen-bond acceptors (Lipinski definition) is 1. The number of nitrogens with zero attached hydrogens (tertiary/aromatic N) is 1. The highest BCUT2D eigenvalue weighted by Gasteiger charge is 2.04. The molecule has 1 aromatic heterocycles. The molecule has 0 saturated heterocycles. The maximum Gasteiger partial charge on any atom is 0.106 e. The molecule has 0 saturated carbocycles. The third kappa shape index (κ3) is 1.73. The molecule has 2 rings (SSSR count). The Kier molecular flexibility index (Phi) is 2.58. The van der Waals surface area contributed by atoms with Crippen molar-refractivity contribution in [1.29, 1.82) is 0 Å². The Hall–Kier alpha value is -0.120. The third-order valence-corrected chi connectivity index (χ3v) is 3.16. The number of halogens is 3. The molecule has 0 aliphatic heterocycles. The Labute approximate surface area is 97.4 Å². The van der Waals surface area contributed by atoms with E-state index in [4.69, 9.17) is 11.6 Å². The van der Waals surface area contributed by atoms with Crippen LogP contribution < -0.4 is 0 Å². The minimum atomic E-state index is 0.666. The molecule has 0 unspecified atom stereocenters. The lowest BCUT2D eigenvalue weighted by atomic mass is 10.2. The standard InChI is InChI=1S/C9H4Br2ClN/c10-6-2-3-7(12)9-5(6)1-4-8(11)13-9/h1-4H. The molecule has 0 spiro atoms. The highest BCUT2D eigenvalue weighted by atomic mass is 79.9. The number of aromatic nitrogens is 1. The largest absolute Gasteiger partial charge is 0.239 e. The second-order valence-corrected chi connectivity index (χ2v) is 4.63. The van der Waals surface area contributed by atoms with Gasteiger partial charge in [-0.2, -0.15) is 0 Å². The van der Waals surface area contributed by atoms with E-state index in [1.165, 1.54) is 0 Å². The average Bonchev–Trinajstić information content (AvgIpc) is 2.12. The summed E-state index contributed by atoms with van der Waals surface area (Å²) >= 11 is 12.7. The van der Waals surface area contributed by atoms with E-state index in [9.17, 15) is 0 Å². The zero-order valence-corrected chi connectivity index (χ0v) is 10.3. The van der Waals surface area contributed by atoms with Gasteiger partial charge in [0.25, 0.3) is 0 Å². The minimum absolute atomic E-state index is 0.666. The van der Waals surface area contributed by atoms with Crippen molar-refractivity contribution < 1.29 is 0 Å². The van der Waals surface area contributed by atoms with E-state index in [-0.39, 0.29) is 0 Å². The molecule has 2 aromatic rings. The highest BCUT2D eigenvalue weighted by Crippen LogP contribution is 2.29. The number of pyridine rings is 1. The first kappa shape index (κ1) is 9.44. The van der Waals surface area contributed by atoms with Gasteiger partial charge in [-0.25, -0.2) is 4.98 Å². The van der Waals surface area contributed by atoms with Crippen molar-refractivity contribution >= 4 is 54.4 Å². The zero-order valence-electron chi connectivity index (χ0n) is 6.39. The summed E-state index contributed by atoms with van der Waals surface area (Å²) in [6, 6.07) is 7.61. The molecule has 0 fully saturated rings. The molecule has 4 heteroatoms. The lowest BCUT2D eigenvalue weighted by Gasteiger charge is -2.01. The van der Waals surface area contributed by atoms with Gasteiger partial charge in [0, 0.05) is 9.86 Å². The van der Waals surface area contributed by atoms with Gasteiger partial charge in [0.15, 0.2) is 0 Å². The van der Waals surface area contributed by atoms with Gasteiger partial charge in [0.05, 0.1) is 10.5 Å². The molecule has 1 aromatic carbocycles. The van der Waals surface area contributed by atoms with Crippen molar-refractivity contribution in [1.82, 2.24) is 4.98 Å². The molecule has 13 heavy (non-hydrogen) atoms. The summed E-state index contributed by atoms with van der Waals surface area (Å²) in [5.74, 6) is 0. The number of rotatable bonds is 0. The summed E-state index contributed by atoms with van der Waals surface area (Å²) < 4.78 is 1.80. The van der Waals surface area contributed by atoms with Crippen molar-refractivity contribution in [3.8, 4) is 0 Å². The van der Waals surface area contributed by atoms with Gasteiger partial charge < -0.3 is 0 Å². The summed E-state index contributed by atoms with van der Waals surface area (Å²) in [5.41, 5.74) is 0.811. The van der Waals surface area contributed by atoms with E-state index in [2.05, 4.69) is 36.8 Å². The van der Waals surface area contributed by atoms with E-state index in [1.807, 2.05) is 24.3 Å². The molecular formula is C9H4Br2ClN. The van der Waals surface area contributed by atoms with Crippen molar-refractivity contribution in [3.05, 3.63) is 38.4 Å². The Morgan fingerprint density at radius 1 is 1.08 bits per heavy atom. The quantitative estimate of drug-likeness (QED) is 0.655. The van der Waals surface area contributed by atoms with Crippen LogP contribution in [-0.4, -0.2) is 4.98 Å². The van der Waals surface area contributed by atoms with Crippen LogP contribution in [-0.2, 0) is 0 Å². The second kappa shape index (κ2) is 3.56. The van der Waals surface area contributed by atoms with Crippen LogP contribution in [0.5, 0.6) is 0 Å². The van der Waals surface area contributed by atoms with E-state index in [1.54, 1.807) is 0 Å². The zero-order chi connectivity index (χ0) is 9.42. The van der Waals surface area contributed by atoms with Gasteiger partial charge in [-0.05, 0) is 40.2 Å². The number of fused-ring (bicyclic) bond motifs is 1. The second-order valence-electron chi connectivity index (χ2n) is 2.56. The molecule has 1 nitrogen and oxygen atoms in total. The Morgan fingerprint density at radius 2 is 1.85 bits per heavy atom. The first-order valence-corrected chi connectivity index (χ1v) is 5.55. The Balaban J connectivity index is 2.92. The number of hydrogen-bond donors (Lipinski definition) is 0. The summed E-state index contributed by atoms with van der Waals surface area (Å²) in [6.45, 7) is 0. The van der Waals surface area contributed by atoms with Crippen LogP contribution in [0.3, 0.4) is 0 Å². The Bertz CT molecular complexity index is 470. The third-order valence-electron chi connectivity index (χ3n) is 1.72. The van der Waals surface area contributed by atoms with Crippen LogP contribution in [0.25, 0.3) is 10.9 Å². The van der Waals surface area contributed by atoms with Crippen molar-refractivity contribution in [3.63, 3.8) is 0 Å². The lowest BCUT2D eigenvalue weighted by molar-refractivity contribution is 1.35. The van der Waals surface area contributed by atoms with Crippen LogP contribution >= 0.6 is 43.5 Å². The fourth-order valence-corrected chi connectivity index (χ4v) is 2.09. The molecule has 0 aliphatic carbocycles. The summed E-state index contributed by atoms with van der Waals surface area (Å²) in [7, 11) is 0. The van der Waals surface area contributed by atoms with E-state index < -0.39 is 0 Å². The molecule has 0 N–H and O–H groups in total. The number of benzene rings is 1. The molecular weight excluding hydrogens is 317 g/mol. The maximum absolute atomic E-state index is 6.00. The van der Waals surface area contributed by atoms with Gasteiger partial charge in [-0.3, -0.25) is 0 Å². The van der Waals surface area contributed by atoms with E-state index in [0.717, 1.165) is 20.0 Å². The topological polar surface area (TPSA) is 12.9 Å². The van der Waals surface area contributed by atoms with Crippen molar-refractivity contribution in [2.45, 2.75) is 0 Å². The monoisotopic (exact) mass is 319 g/mol. The first-order chi connectivity index (χ1) is 6.18. The summed E-state index contributed by atoms with van der Waals surface area (Å²) in [6.07, 6.45) is 0. The predicted molar refractivity (Wildman–Crippen MR) is 62.2 cm³/mol. The summed E-state index contributed by atoms with van der Waals surface area (Å²) in [5, 5.41) is 1.69. The maximum atomic E-state index is 6.00. The van der Waals surface area contributed by atoms with Gasteiger partial charge in [0.1, 0.15) is 4.60 Å². The highest BCUT2D eigenvalue weighted by molar-refractivity contribution is 9.11. The average molecular weight is 321 g/mol. The van der Waals surface area contributed by atoms with E-state index in [0.29, 0.717) is 5.02 Å². The smallest absolute Gasteiger partial charge is 0.106 e. The molecule has 0 amide bonds. The first-order valence-electron chi connectivity index (χ1n) is 3.59. The van der Waals surface area contributed by atoms with Gasteiger partial charge in [-0.1, -0.05) is 27.5 Å².